The first-order valence-electron chi connectivity index (χ1n) is 13.0. The zero-order valence-corrected chi connectivity index (χ0v) is 22.0. The molecule has 37 heavy (non-hydrogen) atoms. The summed E-state index contributed by atoms with van der Waals surface area (Å²) >= 11 is 0. The van der Waals surface area contributed by atoms with Gasteiger partial charge in [0, 0.05) is 6.54 Å². The molecule has 190 valence electrons. The summed E-state index contributed by atoms with van der Waals surface area (Å²) in [7, 11) is 3.40. The van der Waals surface area contributed by atoms with E-state index in [1.165, 1.54) is 53.6 Å². The van der Waals surface area contributed by atoms with Crippen LogP contribution >= 0.6 is 0 Å². The first-order valence-corrected chi connectivity index (χ1v) is 13.0. The Morgan fingerprint density at radius 2 is 1.38 bits per heavy atom. The van der Waals surface area contributed by atoms with Crippen molar-refractivity contribution < 1.29 is 14.2 Å². The van der Waals surface area contributed by atoms with Crippen molar-refractivity contribution >= 4 is 21.9 Å². The van der Waals surface area contributed by atoms with Crippen molar-refractivity contribution in [3.8, 4) is 17.2 Å². The molecule has 0 N–H and O–H groups in total. The SMILES string of the molecule is COc1ccc(C(=C(C)c2ccc(OCCN3CCCC3)cc2)c2cccc3cc(OC)ccc23)cc1. The molecule has 0 aliphatic carbocycles. The van der Waals surface area contributed by atoms with E-state index < -0.39 is 0 Å². The Balaban J connectivity index is 1.51. The minimum Gasteiger partial charge on any atom is -0.497 e. The molecule has 4 aromatic rings. The summed E-state index contributed by atoms with van der Waals surface area (Å²) in [6, 6.07) is 29.5. The molecule has 1 aliphatic rings. The minimum atomic E-state index is 0.727. The van der Waals surface area contributed by atoms with Gasteiger partial charge >= 0.3 is 0 Å². The average Bonchev–Trinajstić information content (AvgIpc) is 3.47. The van der Waals surface area contributed by atoms with Gasteiger partial charge in [-0.3, -0.25) is 4.90 Å². The zero-order chi connectivity index (χ0) is 25.6. The van der Waals surface area contributed by atoms with E-state index in [-0.39, 0.29) is 0 Å². The van der Waals surface area contributed by atoms with Gasteiger partial charge < -0.3 is 14.2 Å². The second kappa shape index (κ2) is 11.5. The minimum absolute atomic E-state index is 0.727. The van der Waals surface area contributed by atoms with E-state index >= 15 is 0 Å². The van der Waals surface area contributed by atoms with Crippen molar-refractivity contribution in [2.24, 2.45) is 0 Å². The van der Waals surface area contributed by atoms with Gasteiger partial charge in [-0.15, -0.1) is 0 Å². The molecule has 0 amide bonds. The van der Waals surface area contributed by atoms with Crippen molar-refractivity contribution in [1.29, 1.82) is 0 Å². The number of allylic oxidation sites excluding steroid dienone is 1. The Morgan fingerprint density at radius 3 is 2.08 bits per heavy atom. The molecular weight excluding hydrogens is 458 g/mol. The highest BCUT2D eigenvalue weighted by molar-refractivity contribution is 6.06. The molecular formula is C33H35NO3. The van der Waals surface area contributed by atoms with Crippen LogP contribution in [0.4, 0.5) is 0 Å². The van der Waals surface area contributed by atoms with Crippen LogP contribution in [-0.2, 0) is 0 Å². The fourth-order valence-corrected chi connectivity index (χ4v) is 5.18. The topological polar surface area (TPSA) is 30.9 Å². The van der Waals surface area contributed by atoms with Gasteiger partial charge in [-0.2, -0.15) is 0 Å². The van der Waals surface area contributed by atoms with Crippen LogP contribution in [0.5, 0.6) is 17.2 Å². The molecule has 1 saturated heterocycles. The average molecular weight is 494 g/mol. The Kier molecular flexibility index (Phi) is 7.76. The fourth-order valence-electron chi connectivity index (χ4n) is 5.18. The molecule has 4 heteroatoms. The lowest BCUT2D eigenvalue weighted by Crippen LogP contribution is -2.25. The predicted molar refractivity (Wildman–Crippen MR) is 153 cm³/mol. The summed E-state index contributed by atoms with van der Waals surface area (Å²) in [6.07, 6.45) is 2.61. The summed E-state index contributed by atoms with van der Waals surface area (Å²) in [5.74, 6) is 2.62. The number of benzene rings is 4. The normalized spacial score (nSPS) is 14.5. The molecule has 5 rings (SSSR count). The number of methoxy groups -OCH3 is 2. The van der Waals surface area contributed by atoms with Crippen LogP contribution in [0.3, 0.4) is 0 Å². The van der Waals surface area contributed by atoms with Crippen molar-refractivity contribution in [3.63, 3.8) is 0 Å². The van der Waals surface area contributed by atoms with E-state index in [9.17, 15) is 0 Å². The Bertz CT molecular complexity index is 1370. The van der Waals surface area contributed by atoms with Crippen LogP contribution in [0.25, 0.3) is 21.9 Å². The van der Waals surface area contributed by atoms with Crippen LogP contribution < -0.4 is 14.2 Å². The lowest BCUT2D eigenvalue weighted by atomic mass is 9.87. The van der Waals surface area contributed by atoms with Gasteiger partial charge in [0.1, 0.15) is 23.9 Å². The molecule has 1 fully saturated rings. The van der Waals surface area contributed by atoms with Crippen LogP contribution in [0.1, 0.15) is 36.5 Å². The third kappa shape index (κ3) is 5.65. The fraction of sp³-hybridized carbons (Fsp3) is 0.273. The Hall–Kier alpha value is -3.76. The van der Waals surface area contributed by atoms with Crippen LogP contribution in [-0.4, -0.2) is 45.4 Å². The summed E-state index contributed by atoms with van der Waals surface area (Å²) in [4.78, 5) is 2.47. The molecule has 0 bridgehead atoms. The summed E-state index contributed by atoms with van der Waals surface area (Å²) in [6.45, 7) is 6.31. The standard InChI is InChI=1S/C33H35NO3/c1-24(25-9-15-29(16-10-25)37-22-21-34-19-4-5-20-34)33(26-11-13-28(35-2)14-12-26)32-8-6-7-27-23-30(36-3)17-18-31(27)32/h6-18,23H,4-5,19-22H2,1-3H3. The lowest BCUT2D eigenvalue weighted by Gasteiger charge is -2.18. The van der Waals surface area contributed by atoms with Crippen molar-refractivity contribution in [3.05, 3.63) is 102 Å². The van der Waals surface area contributed by atoms with Crippen LogP contribution in [0, 0.1) is 0 Å². The summed E-state index contributed by atoms with van der Waals surface area (Å²) < 4.78 is 17.0. The molecule has 0 radical (unpaired) electrons. The van der Waals surface area contributed by atoms with Gasteiger partial charge in [-0.05, 0) is 108 Å². The zero-order valence-electron chi connectivity index (χ0n) is 22.0. The molecule has 0 aromatic heterocycles. The number of rotatable bonds is 9. The van der Waals surface area contributed by atoms with Gasteiger partial charge in [0.2, 0.25) is 0 Å². The largest absolute Gasteiger partial charge is 0.497 e. The van der Waals surface area contributed by atoms with Gasteiger partial charge in [0.25, 0.3) is 0 Å². The number of hydrogen-bond acceptors (Lipinski definition) is 4. The van der Waals surface area contributed by atoms with Crippen LogP contribution in [0.15, 0.2) is 84.9 Å². The number of fused-ring (bicyclic) bond motifs is 1. The van der Waals surface area contributed by atoms with Gasteiger partial charge in [0.15, 0.2) is 0 Å². The van der Waals surface area contributed by atoms with Crippen LogP contribution in [0.2, 0.25) is 0 Å². The third-order valence-electron chi connectivity index (χ3n) is 7.27. The maximum Gasteiger partial charge on any atom is 0.119 e. The Morgan fingerprint density at radius 1 is 0.730 bits per heavy atom. The Labute approximate surface area is 220 Å². The second-order valence-corrected chi connectivity index (χ2v) is 9.54. The first kappa shape index (κ1) is 24.9. The lowest BCUT2D eigenvalue weighted by molar-refractivity contribution is 0.238. The molecule has 4 nitrogen and oxygen atoms in total. The molecule has 0 saturated carbocycles. The summed E-state index contributed by atoms with van der Waals surface area (Å²) in [5, 5.41) is 2.34. The van der Waals surface area contributed by atoms with Gasteiger partial charge in [0.05, 0.1) is 14.2 Å². The van der Waals surface area contributed by atoms with Gasteiger partial charge in [-0.25, -0.2) is 0 Å². The highest BCUT2D eigenvalue weighted by Crippen LogP contribution is 2.37. The highest BCUT2D eigenvalue weighted by Gasteiger charge is 2.15. The van der Waals surface area contributed by atoms with E-state index in [1.54, 1.807) is 14.2 Å². The number of ether oxygens (including phenoxy) is 3. The van der Waals surface area contributed by atoms with E-state index in [4.69, 9.17) is 14.2 Å². The monoisotopic (exact) mass is 493 g/mol. The molecule has 0 spiro atoms. The van der Waals surface area contributed by atoms with E-state index in [0.29, 0.717) is 0 Å². The molecule has 4 aromatic carbocycles. The van der Waals surface area contributed by atoms with Gasteiger partial charge in [-0.1, -0.05) is 48.5 Å². The highest BCUT2D eigenvalue weighted by atomic mass is 16.5. The van der Waals surface area contributed by atoms with E-state index in [2.05, 4.69) is 78.6 Å². The second-order valence-electron chi connectivity index (χ2n) is 9.54. The quantitative estimate of drug-likeness (QED) is 0.229. The van der Waals surface area contributed by atoms with E-state index in [1.807, 2.05) is 18.2 Å². The first-order chi connectivity index (χ1) is 18.2. The summed E-state index contributed by atoms with van der Waals surface area (Å²) in [5.41, 5.74) is 5.91. The third-order valence-corrected chi connectivity index (χ3v) is 7.27. The van der Waals surface area contributed by atoms with Crippen molar-refractivity contribution in [2.45, 2.75) is 19.8 Å². The number of likely N-dealkylation sites (tertiary alicyclic amines) is 1. The van der Waals surface area contributed by atoms with Crippen molar-refractivity contribution in [1.82, 2.24) is 4.90 Å². The van der Waals surface area contributed by atoms with E-state index in [0.717, 1.165) is 41.3 Å². The molecule has 1 heterocycles. The maximum atomic E-state index is 6.05. The van der Waals surface area contributed by atoms with Crippen molar-refractivity contribution in [2.75, 3.05) is 40.5 Å². The maximum absolute atomic E-state index is 6.05. The molecule has 0 atom stereocenters. The molecule has 0 unspecified atom stereocenters. The number of nitrogens with zero attached hydrogens (tertiary/aromatic N) is 1. The predicted octanol–water partition coefficient (Wildman–Crippen LogP) is 7.31. The molecule has 1 aliphatic heterocycles. The smallest absolute Gasteiger partial charge is 0.119 e. The number of hydrogen-bond donors (Lipinski definition) is 0.